The van der Waals surface area contributed by atoms with Crippen LogP contribution in [0.5, 0.6) is 0 Å². The number of rotatable bonds is 7. The van der Waals surface area contributed by atoms with Crippen LogP contribution < -0.4 is 5.73 Å². The lowest BCUT2D eigenvalue weighted by Crippen LogP contribution is -2.01. The van der Waals surface area contributed by atoms with Crippen molar-refractivity contribution in [3.8, 4) is 0 Å². The fourth-order valence-corrected chi connectivity index (χ4v) is 1.88. The summed E-state index contributed by atoms with van der Waals surface area (Å²) in [5.41, 5.74) is 6.26. The van der Waals surface area contributed by atoms with Crippen LogP contribution in [0, 0.1) is 0 Å². The smallest absolute Gasteiger partial charge is 0.0746 e. The van der Waals surface area contributed by atoms with Crippen LogP contribution in [0.15, 0.2) is 18.2 Å². The second-order valence-electron chi connectivity index (χ2n) is 3.60. The van der Waals surface area contributed by atoms with Gasteiger partial charge in [0.15, 0.2) is 0 Å². The molecule has 1 aromatic rings. The Morgan fingerprint density at radius 2 is 1.75 bits per heavy atom. The van der Waals surface area contributed by atoms with Gasteiger partial charge in [0.05, 0.1) is 6.61 Å². The molecule has 4 heteroatoms. The molecule has 0 spiro atoms. The lowest BCUT2D eigenvalue weighted by Gasteiger charge is -2.07. The van der Waals surface area contributed by atoms with Crippen molar-refractivity contribution >= 4 is 23.2 Å². The van der Waals surface area contributed by atoms with E-state index in [0.717, 1.165) is 38.0 Å². The molecular weight excluding hydrogens is 245 g/mol. The van der Waals surface area contributed by atoms with Crippen molar-refractivity contribution in [3.05, 3.63) is 33.8 Å². The quantitative estimate of drug-likeness (QED) is 0.761. The molecule has 0 aliphatic rings. The van der Waals surface area contributed by atoms with Gasteiger partial charge in [-0.25, -0.2) is 0 Å². The van der Waals surface area contributed by atoms with Crippen molar-refractivity contribution in [2.75, 3.05) is 13.2 Å². The number of halogens is 2. The lowest BCUT2D eigenvalue weighted by molar-refractivity contribution is 0.117. The fraction of sp³-hybridized carbons (Fsp3) is 0.500. The average molecular weight is 262 g/mol. The second-order valence-corrected chi connectivity index (χ2v) is 4.42. The maximum atomic E-state index is 6.01. The Labute approximate surface area is 107 Å². The van der Waals surface area contributed by atoms with Gasteiger partial charge in [-0.3, -0.25) is 0 Å². The highest BCUT2D eigenvalue weighted by atomic mass is 35.5. The summed E-state index contributed by atoms with van der Waals surface area (Å²) in [5.74, 6) is 0. The second kappa shape index (κ2) is 7.91. The number of ether oxygens (including phenoxy) is 1. The van der Waals surface area contributed by atoms with Crippen LogP contribution >= 0.6 is 23.2 Å². The van der Waals surface area contributed by atoms with Gasteiger partial charge in [0.25, 0.3) is 0 Å². The molecule has 0 saturated carbocycles. The van der Waals surface area contributed by atoms with Gasteiger partial charge in [0.2, 0.25) is 0 Å². The normalized spacial score (nSPS) is 10.7. The standard InChI is InChI=1S/C12H17Cl2NO/c13-11-5-4-6-12(14)10(11)9-16-8-3-1-2-7-15/h4-6H,1-3,7-9,15H2. The predicted octanol–water partition coefficient (Wildman–Crippen LogP) is 3.64. The summed E-state index contributed by atoms with van der Waals surface area (Å²) >= 11 is 12.0. The summed E-state index contributed by atoms with van der Waals surface area (Å²) in [6, 6.07) is 5.47. The van der Waals surface area contributed by atoms with Gasteiger partial charge in [0.1, 0.15) is 0 Å². The van der Waals surface area contributed by atoms with E-state index in [1.54, 1.807) is 0 Å². The Kier molecular flexibility index (Phi) is 6.81. The number of hydrogen-bond donors (Lipinski definition) is 1. The molecule has 1 rings (SSSR count). The molecule has 0 aromatic heterocycles. The van der Waals surface area contributed by atoms with Crippen LogP contribution in [-0.2, 0) is 11.3 Å². The highest BCUT2D eigenvalue weighted by molar-refractivity contribution is 6.35. The molecule has 0 saturated heterocycles. The van der Waals surface area contributed by atoms with Gasteiger partial charge in [-0.1, -0.05) is 29.3 Å². The molecule has 0 aliphatic heterocycles. The molecule has 16 heavy (non-hydrogen) atoms. The number of nitrogens with two attached hydrogens (primary N) is 1. The monoisotopic (exact) mass is 261 g/mol. The summed E-state index contributed by atoms with van der Waals surface area (Å²) < 4.78 is 5.52. The van der Waals surface area contributed by atoms with Crippen molar-refractivity contribution in [1.82, 2.24) is 0 Å². The first-order chi connectivity index (χ1) is 7.75. The maximum absolute atomic E-state index is 6.01. The van der Waals surface area contributed by atoms with Gasteiger partial charge >= 0.3 is 0 Å². The highest BCUT2D eigenvalue weighted by Gasteiger charge is 2.04. The molecule has 0 bridgehead atoms. The molecule has 0 fully saturated rings. The minimum absolute atomic E-state index is 0.473. The van der Waals surface area contributed by atoms with E-state index in [2.05, 4.69) is 0 Å². The van der Waals surface area contributed by atoms with Crippen molar-refractivity contribution < 1.29 is 4.74 Å². The van der Waals surface area contributed by atoms with Gasteiger partial charge in [-0.2, -0.15) is 0 Å². The van der Waals surface area contributed by atoms with Gasteiger partial charge < -0.3 is 10.5 Å². The zero-order chi connectivity index (χ0) is 11.8. The van der Waals surface area contributed by atoms with E-state index in [4.69, 9.17) is 33.7 Å². The van der Waals surface area contributed by atoms with Crippen LogP contribution in [0.3, 0.4) is 0 Å². The zero-order valence-corrected chi connectivity index (χ0v) is 10.7. The first kappa shape index (κ1) is 13.8. The molecule has 0 aliphatic carbocycles. The van der Waals surface area contributed by atoms with E-state index in [-0.39, 0.29) is 0 Å². The third kappa shape index (κ3) is 4.71. The molecule has 90 valence electrons. The molecule has 1 aromatic carbocycles. The topological polar surface area (TPSA) is 35.2 Å². The van der Waals surface area contributed by atoms with E-state index in [0.29, 0.717) is 16.7 Å². The largest absolute Gasteiger partial charge is 0.377 e. The van der Waals surface area contributed by atoms with E-state index < -0.39 is 0 Å². The summed E-state index contributed by atoms with van der Waals surface area (Å²) in [6.07, 6.45) is 3.18. The molecule has 2 N–H and O–H groups in total. The highest BCUT2D eigenvalue weighted by Crippen LogP contribution is 2.24. The van der Waals surface area contributed by atoms with Crippen molar-refractivity contribution in [3.63, 3.8) is 0 Å². The molecular formula is C12H17Cl2NO. The summed E-state index contributed by atoms with van der Waals surface area (Å²) in [7, 11) is 0. The Morgan fingerprint density at radius 3 is 2.38 bits per heavy atom. The van der Waals surface area contributed by atoms with Crippen molar-refractivity contribution in [1.29, 1.82) is 0 Å². The third-order valence-corrected chi connectivity index (χ3v) is 3.01. The SMILES string of the molecule is NCCCCCOCc1c(Cl)cccc1Cl. The zero-order valence-electron chi connectivity index (χ0n) is 9.22. The number of hydrogen-bond acceptors (Lipinski definition) is 2. The van der Waals surface area contributed by atoms with Crippen LogP contribution in [0.1, 0.15) is 24.8 Å². The third-order valence-electron chi connectivity index (χ3n) is 2.30. The van der Waals surface area contributed by atoms with E-state index in [9.17, 15) is 0 Å². The Balaban J connectivity index is 2.26. The molecule has 0 heterocycles. The minimum Gasteiger partial charge on any atom is -0.377 e. The Bertz CT molecular complexity index is 298. The Morgan fingerprint density at radius 1 is 1.06 bits per heavy atom. The van der Waals surface area contributed by atoms with Gasteiger partial charge in [-0.15, -0.1) is 0 Å². The van der Waals surface area contributed by atoms with Gasteiger partial charge in [-0.05, 0) is 37.9 Å². The maximum Gasteiger partial charge on any atom is 0.0746 e. The Hall–Kier alpha value is -0.280. The molecule has 0 amide bonds. The van der Waals surface area contributed by atoms with Gasteiger partial charge in [0, 0.05) is 22.2 Å². The molecule has 0 unspecified atom stereocenters. The number of benzene rings is 1. The average Bonchev–Trinajstić information content (AvgIpc) is 2.26. The van der Waals surface area contributed by atoms with Crippen LogP contribution in [0.25, 0.3) is 0 Å². The number of unbranched alkanes of at least 4 members (excludes halogenated alkanes) is 2. The van der Waals surface area contributed by atoms with Crippen LogP contribution in [0.4, 0.5) is 0 Å². The summed E-state index contributed by atoms with van der Waals surface area (Å²) in [6.45, 7) is 1.94. The summed E-state index contributed by atoms with van der Waals surface area (Å²) in [4.78, 5) is 0. The predicted molar refractivity (Wildman–Crippen MR) is 69.0 cm³/mol. The van der Waals surface area contributed by atoms with E-state index in [1.165, 1.54) is 0 Å². The first-order valence-corrected chi connectivity index (χ1v) is 6.22. The van der Waals surface area contributed by atoms with Crippen molar-refractivity contribution in [2.24, 2.45) is 5.73 Å². The lowest BCUT2D eigenvalue weighted by atomic mass is 10.2. The fourth-order valence-electron chi connectivity index (χ4n) is 1.37. The summed E-state index contributed by atoms with van der Waals surface area (Å²) in [5, 5.41) is 1.32. The molecule has 0 radical (unpaired) electrons. The van der Waals surface area contributed by atoms with Crippen LogP contribution in [0.2, 0.25) is 10.0 Å². The molecule has 2 nitrogen and oxygen atoms in total. The van der Waals surface area contributed by atoms with Crippen molar-refractivity contribution in [2.45, 2.75) is 25.9 Å². The molecule has 0 atom stereocenters. The first-order valence-electron chi connectivity index (χ1n) is 5.46. The van der Waals surface area contributed by atoms with E-state index in [1.807, 2.05) is 18.2 Å². The van der Waals surface area contributed by atoms with Crippen LogP contribution in [-0.4, -0.2) is 13.2 Å². The minimum atomic E-state index is 0.473. The van der Waals surface area contributed by atoms with E-state index >= 15 is 0 Å².